The molecule has 0 spiro atoms. The monoisotopic (exact) mass is 464 g/mol. The van der Waals surface area contributed by atoms with Gasteiger partial charge in [0.2, 0.25) is 0 Å². The number of fused-ring (bicyclic) bond motifs is 1. The van der Waals surface area contributed by atoms with Crippen molar-refractivity contribution in [3.8, 4) is 5.75 Å². The fourth-order valence-electron chi connectivity index (χ4n) is 3.44. The van der Waals surface area contributed by atoms with Crippen LogP contribution in [0, 0.1) is 0 Å². The van der Waals surface area contributed by atoms with Crippen molar-refractivity contribution in [2.24, 2.45) is 0 Å². The maximum atomic E-state index is 12.8. The van der Waals surface area contributed by atoms with Crippen molar-refractivity contribution in [1.82, 2.24) is 0 Å². The van der Waals surface area contributed by atoms with E-state index in [1.807, 2.05) is 48.5 Å². The molecule has 0 fully saturated rings. The van der Waals surface area contributed by atoms with Gasteiger partial charge in [0.05, 0.1) is 11.3 Å². The van der Waals surface area contributed by atoms with E-state index in [0.29, 0.717) is 29.2 Å². The Morgan fingerprint density at radius 3 is 2.57 bits per heavy atom. The number of amides is 2. The quantitative estimate of drug-likeness (QED) is 0.573. The lowest BCUT2D eigenvalue weighted by Crippen LogP contribution is -2.45. The Balaban J connectivity index is 1.58. The molecule has 1 unspecified atom stereocenters. The third kappa shape index (κ3) is 4.24. The molecule has 5 nitrogen and oxygen atoms in total. The van der Waals surface area contributed by atoms with Gasteiger partial charge >= 0.3 is 0 Å². The van der Waals surface area contributed by atoms with Gasteiger partial charge in [-0.2, -0.15) is 0 Å². The largest absolute Gasteiger partial charge is 0.479 e. The summed E-state index contributed by atoms with van der Waals surface area (Å²) in [5, 5.41) is 2.91. The molecule has 1 N–H and O–H groups in total. The number of nitrogens with one attached hydrogen (secondary N) is 1. The molecular formula is C24H21BrN2O3. The average Bonchev–Trinajstić information content (AvgIpc) is 2.75. The van der Waals surface area contributed by atoms with Crippen LogP contribution < -0.4 is 15.0 Å². The third-order valence-corrected chi connectivity index (χ3v) is 5.70. The summed E-state index contributed by atoms with van der Waals surface area (Å²) in [4.78, 5) is 27.2. The molecule has 0 aromatic heterocycles. The lowest BCUT2D eigenvalue weighted by Gasteiger charge is -2.33. The normalized spacial score (nSPS) is 15.3. The Bertz CT molecular complexity index is 1080. The summed E-state index contributed by atoms with van der Waals surface area (Å²) >= 11 is 3.40. The smallest absolute Gasteiger partial charge is 0.267 e. The summed E-state index contributed by atoms with van der Waals surface area (Å²) in [6, 6.07) is 22.6. The lowest BCUT2D eigenvalue weighted by atomic mass is 10.1. The minimum absolute atomic E-state index is 0.0901. The zero-order valence-corrected chi connectivity index (χ0v) is 18.1. The molecule has 3 aromatic carbocycles. The zero-order chi connectivity index (χ0) is 21.1. The Morgan fingerprint density at radius 2 is 1.80 bits per heavy atom. The van der Waals surface area contributed by atoms with Crippen molar-refractivity contribution >= 4 is 39.1 Å². The van der Waals surface area contributed by atoms with Crippen molar-refractivity contribution in [3.05, 3.63) is 88.4 Å². The molecular weight excluding hydrogens is 444 g/mol. The summed E-state index contributed by atoms with van der Waals surface area (Å²) in [6.45, 7) is 2.29. The van der Waals surface area contributed by atoms with E-state index >= 15 is 0 Å². The van der Waals surface area contributed by atoms with Crippen LogP contribution in [0.4, 0.5) is 11.4 Å². The number of halogens is 1. The first-order valence-electron chi connectivity index (χ1n) is 9.75. The molecule has 3 aromatic rings. The SMILES string of the molecule is CC1Oc2ccc(NC(=O)c3ccccc3Br)cc2N(CCc2ccccc2)C1=O. The average molecular weight is 465 g/mol. The highest BCUT2D eigenvalue weighted by molar-refractivity contribution is 9.10. The van der Waals surface area contributed by atoms with Crippen LogP contribution in [0.3, 0.4) is 0 Å². The number of hydrogen-bond acceptors (Lipinski definition) is 3. The van der Waals surface area contributed by atoms with Gasteiger partial charge in [-0.05, 0) is 65.2 Å². The lowest BCUT2D eigenvalue weighted by molar-refractivity contribution is -0.125. The molecule has 1 aliphatic heterocycles. The van der Waals surface area contributed by atoms with Gasteiger partial charge in [-0.3, -0.25) is 9.59 Å². The predicted molar refractivity (Wildman–Crippen MR) is 121 cm³/mol. The summed E-state index contributed by atoms with van der Waals surface area (Å²) < 4.78 is 6.50. The maximum absolute atomic E-state index is 12.8. The number of carbonyl (C=O) groups is 2. The molecule has 30 heavy (non-hydrogen) atoms. The number of hydrogen-bond donors (Lipinski definition) is 1. The van der Waals surface area contributed by atoms with Crippen LogP contribution in [0.2, 0.25) is 0 Å². The van der Waals surface area contributed by atoms with Crippen LogP contribution in [0.15, 0.2) is 77.3 Å². The maximum Gasteiger partial charge on any atom is 0.267 e. The van der Waals surface area contributed by atoms with Gasteiger partial charge in [-0.15, -0.1) is 0 Å². The minimum atomic E-state index is -0.547. The fraction of sp³-hybridized carbons (Fsp3) is 0.167. The van der Waals surface area contributed by atoms with E-state index in [1.165, 1.54) is 0 Å². The molecule has 0 bridgehead atoms. The van der Waals surface area contributed by atoms with E-state index in [1.54, 1.807) is 36.1 Å². The van der Waals surface area contributed by atoms with E-state index in [0.717, 1.165) is 16.5 Å². The molecule has 1 aliphatic rings. The van der Waals surface area contributed by atoms with Crippen LogP contribution in [0.25, 0.3) is 0 Å². The highest BCUT2D eigenvalue weighted by Crippen LogP contribution is 2.36. The molecule has 152 valence electrons. The fourth-order valence-corrected chi connectivity index (χ4v) is 3.91. The molecule has 0 radical (unpaired) electrons. The third-order valence-electron chi connectivity index (χ3n) is 5.01. The number of anilines is 2. The van der Waals surface area contributed by atoms with Gasteiger partial charge in [0.1, 0.15) is 5.75 Å². The number of rotatable bonds is 5. The minimum Gasteiger partial charge on any atom is -0.479 e. The van der Waals surface area contributed by atoms with E-state index in [-0.39, 0.29) is 11.8 Å². The van der Waals surface area contributed by atoms with Crippen LogP contribution in [0.1, 0.15) is 22.8 Å². The summed E-state index contributed by atoms with van der Waals surface area (Å²) in [5.74, 6) is 0.316. The van der Waals surface area contributed by atoms with E-state index < -0.39 is 6.10 Å². The highest BCUT2D eigenvalue weighted by Gasteiger charge is 2.31. The Kier molecular flexibility index (Phi) is 5.86. The Labute approximate surface area is 183 Å². The first-order valence-corrected chi connectivity index (χ1v) is 10.5. The van der Waals surface area contributed by atoms with Gasteiger partial charge in [-0.25, -0.2) is 0 Å². The summed E-state index contributed by atoms with van der Waals surface area (Å²) in [7, 11) is 0. The Morgan fingerprint density at radius 1 is 1.07 bits per heavy atom. The van der Waals surface area contributed by atoms with Crippen molar-refractivity contribution < 1.29 is 14.3 Å². The number of carbonyl (C=O) groups excluding carboxylic acids is 2. The van der Waals surface area contributed by atoms with E-state index in [4.69, 9.17) is 4.74 Å². The number of benzene rings is 3. The molecule has 6 heteroatoms. The van der Waals surface area contributed by atoms with Crippen LogP contribution >= 0.6 is 15.9 Å². The molecule has 4 rings (SSSR count). The van der Waals surface area contributed by atoms with Crippen molar-refractivity contribution in [1.29, 1.82) is 0 Å². The molecule has 1 heterocycles. The first kappa shape index (κ1) is 20.2. The molecule has 0 saturated carbocycles. The second kappa shape index (κ2) is 8.71. The summed E-state index contributed by atoms with van der Waals surface area (Å²) in [6.07, 6.45) is 0.181. The second-order valence-corrected chi connectivity index (χ2v) is 7.96. The van der Waals surface area contributed by atoms with E-state index in [9.17, 15) is 9.59 Å². The molecule has 2 amide bonds. The van der Waals surface area contributed by atoms with Crippen LogP contribution in [-0.4, -0.2) is 24.5 Å². The van der Waals surface area contributed by atoms with Crippen LogP contribution in [0.5, 0.6) is 5.75 Å². The highest BCUT2D eigenvalue weighted by atomic mass is 79.9. The summed E-state index contributed by atoms with van der Waals surface area (Å²) in [5.41, 5.74) is 2.96. The van der Waals surface area contributed by atoms with Crippen molar-refractivity contribution in [2.45, 2.75) is 19.4 Å². The topological polar surface area (TPSA) is 58.6 Å². The van der Waals surface area contributed by atoms with Gasteiger partial charge in [0.15, 0.2) is 6.10 Å². The van der Waals surface area contributed by atoms with E-state index in [2.05, 4.69) is 21.2 Å². The van der Waals surface area contributed by atoms with Crippen LogP contribution in [-0.2, 0) is 11.2 Å². The number of nitrogens with zero attached hydrogens (tertiary/aromatic N) is 1. The van der Waals surface area contributed by atoms with Crippen molar-refractivity contribution in [2.75, 3.05) is 16.8 Å². The molecule has 0 aliphatic carbocycles. The first-order chi connectivity index (χ1) is 14.5. The van der Waals surface area contributed by atoms with Gasteiger partial charge < -0.3 is 15.0 Å². The van der Waals surface area contributed by atoms with Gasteiger partial charge in [-0.1, -0.05) is 42.5 Å². The predicted octanol–water partition coefficient (Wildman–Crippen LogP) is 5.06. The number of ether oxygens (including phenoxy) is 1. The standard InChI is InChI=1S/C24H21BrN2O3/c1-16-24(29)27(14-13-17-7-3-2-4-8-17)21-15-18(11-12-22(21)30-16)26-23(28)19-9-5-6-10-20(19)25/h2-12,15-16H,13-14H2,1H3,(H,26,28). The second-order valence-electron chi connectivity index (χ2n) is 7.10. The Hall–Kier alpha value is -3.12. The molecule has 1 atom stereocenters. The molecule has 0 saturated heterocycles. The van der Waals surface area contributed by atoms with Crippen molar-refractivity contribution in [3.63, 3.8) is 0 Å². The van der Waals surface area contributed by atoms with Gasteiger partial charge in [0.25, 0.3) is 11.8 Å². The zero-order valence-electron chi connectivity index (χ0n) is 16.5. The van der Waals surface area contributed by atoms with Gasteiger partial charge in [0, 0.05) is 16.7 Å².